The van der Waals surface area contributed by atoms with Gasteiger partial charge in [0.1, 0.15) is 22.7 Å². The van der Waals surface area contributed by atoms with Crippen molar-refractivity contribution < 1.29 is 26.7 Å². The van der Waals surface area contributed by atoms with Gasteiger partial charge in [0.05, 0.1) is 35.8 Å². The zero-order valence-corrected chi connectivity index (χ0v) is 18.4. The summed E-state index contributed by atoms with van der Waals surface area (Å²) in [6.07, 6.45) is 5.29. The van der Waals surface area contributed by atoms with Crippen LogP contribution in [0.2, 0.25) is 0 Å². The lowest BCUT2D eigenvalue weighted by molar-refractivity contribution is 0.101. The number of ether oxygens (including phenoxy) is 1. The molecule has 9 nitrogen and oxygen atoms in total. The summed E-state index contributed by atoms with van der Waals surface area (Å²) in [6.45, 7) is 2.97. The number of carbonyl (C=O) groups excluding carboxylic acids is 1. The molecule has 0 aliphatic heterocycles. The topological polar surface area (TPSA) is 116 Å². The molecule has 0 amide bonds. The van der Waals surface area contributed by atoms with Gasteiger partial charge in [-0.15, -0.1) is 0 Å². The molecular weight excluding hydrogens is 456 g/mol. The summed E-state index contributed by atoms with van der Waals surface area (Å²) in [5.41, 5.74) is -0.100. The van der Waals surface area contributed by atoms with Crippen LogP contribution in [0.15, 0.2) is 48.0 Å². The second-order valence-corrected chi connectivity index (χ2v) is 8.77. The van der Waals surface area contributed by atoms with Crippen LogP contribution in [0.4, 0.5) is 14.5 Å². The fourth-order valence-electron chi connectivity index (χ4n) is 3.24. The molecule has 0 saturated heterocycles. The minimum absolute atomic E-state index is 0.124. The van der Waals surface area contributed by atoms with E-state index < -0.39 is 32.9 Å². The average Bonchev–Trinajstić information content (AvgIpc) is 3.19. The van der Waals surface area contributed by atoms with Crippen molar-refractivity contribution in [1.82, 2.24) is 19.4 Å². The van der Waals surface area contributed by atoms with Gasteiger partial charge in [-0.1, -0.05) is 0 Å². The largest absolute Gasteiger partial charge is 0.480 e. The van der Waals surface area contributed by atoms with Crippen molar-refractivity contribution in [1.29, 1.82) is 0 Å². The van der Waals surface area contributed by atoms with E-state index in [-0.39, 0.29) is 27.9 Å². The zero-order chi connectivity index (χ0) is 23.9. The summed E-state index contributed by atoms with van der Waals surface area (Å²) in [7, 11) is -3.07. The van der Waals surface area contributed by atoms with E-state index in [4.69, 9.17) is 4.74 Å². The van der Waals surface area contributed by atoms with Crippen LogP contribution < -0.4 is 9.46 Å². The first kappa shape index (κ1) is 22.3. The molecule has 0 atom stereocenters. The van der Waals surface area contributed by atoms with Crippen LogP contribution in [0.5, 0.6) is 5.88 Å². The lowest BCUT2D eigenvalue weighted by Crippen LogP contribution is -2.16. The number of hydrogen-bond donors (Lipinski definition) is 1. The Balaban J connectivity index is 1.79. The first-order chi connectivity index (χ1) is 15.6. The summed E-state index contributed by atoms with van der Waals surface area (Å²) in [4.78, 5) is 23.3. The minimum atomic E-state index is -4.33. The molecular formula is C21H17F2N5O4S. The first-order valence-corrected chi connectivity index (χ1v) is 11.0. The molecule has 33 heavy (non-hydrogen) atoms. The van der Waals surface area contributed by atoms with Crippen molar-refractivity contribution in [2.75, 3.05) is 11.8 Å². The Hall–Kier alpha value is -3.93. The molecule has 4 rings (SSSR count). The minimum Gasteiger partial charge on any atom is -0.480 e. The second kappa shape index (κ2) is 8.20. The molecule has 0 aliphatic carbocycles. The van der Waals surface area contributed by atoms with E-state index in [1.807, 2.05) is 0 Å². The normalized spacial score (nSPS) is 11.5. The standard InChI is InChI=1S/C21H17F2N5O4S/c1-11-6-17(21(32-3)25-7-11)33(30,31)27-14-5-4-13(22)18(19(14)23)15-9-28-10-26-20(12(2)29)16(28)8-24-15/h4-10,27H,1-3H3. The first-order valence-electron chi connectivity index (χ1n) is 9.48. The predicted octanol–water partition coefficient (Wildman–Crippen LogP) is 3.39. The van der Waals surface area contributed by atoms with Gasteiger partial charge < -0.3 is 9.14 Å². The van der Waals surface area contributed by atoms with Gasteiger partial charge in [-0.3, -0.25) is 14.5 Å². The molecule has 0 spiro atoms. The van der Waals surface area contributed by atoms with E-state index in [1.165, 1.54) is 49.4 Å². The van der Waals surface area contributed by atoms with Gasteiger partial charge in [0.2, 0.25) is 5.88 Å². The van der Waals surface area contributed by atoms with Crippen molar-refractivity contribution in [2.24, 2.45) is 0 Å². The number of aryl methyl sites for hydroxylation is 1. The number of pyridine rings is 1. The fraction of sp³-hybridized carbons (Fsp3) is 0.143. The molecule has 4 aromatic rings. The van der Waals surface area contributed by atoms with Crippen LogP contribution in [0, 0.1) is 18.6 Å². The molecule has 1 aromatic carbocycles. The highest BCUT2D eigenvalue weighted by Gasteiger charge is 2.25. The average molecular weight is 473 g/mol. The van der Waals surface area contributed by atoms with Gasteiger partial charge in [-0.25, -0.2) is 27.2 Å². The Morgan fingerprint density at radius 1 is 1.15 bits per heavy atom. The highest BCUT2D eigenvalue weighted by atomic mass is 32.2. The number of ketones is 1. The molecule has 0 bridgehead atoms. The number of fused-ring (bicyclic) bond motifs is 1. The quantitative estimate of drug-likeness (QED) is 0.427. The molecule has 0 radical (unpaired) electrons. The molecule has 0 aliphatic rings. The number of anilines is 1. The van der Waals surface area contributed by atoms with E-state index in [2.05, 4.69) is 19.7 Å². The third-order valence-electron chi connectivity index (χ3n) is 4.78. The Kier molecular flexibility index (Phi) is 5.54. The number of hydrogen-bond acceptors (Lipinski definition) is 7. The number of benzene rings is 1. The highest BCUT2D eigenvalue weighted by molar-refractivity contribution is 7.92. The third kappa shape index (κ3) is 4.00. The van der Waals surface area contributed by atoms with Gasteiger partial charge in [0.15, 0.2) is 11.6 Å². The molecule has 170 valence electrons. The molecule has 3 heterocycles. The van der Waals surface area contributed by atoms with Crippen LogP contribution in [0.1, 0.15) is 23.0 Å². The number of imidazole rings is 1. The maximum absolute atomic E-state index is 15.3. The number of rotatable bonds is 6. The lowest BCUT2D eigenvalue weighted by Gasteiger charge is -2.14. The zero-order valence-electron chi connectivity index (χ0n) is 17.6. The van der Waals surface area contributed by atoms with E-state index in [0.29, 0.717) is 11.1 Å². The number of methoxy groups -OCH3 is 1. The van der Waals surface area contributed by atoms with E-state index in [1.54, 1.807) is 6.92 Å². The number of halogens is 2. The van der Waals surface area contributed by atoms with Gasteiger partial charge >= 0.3 is 0 Å². The molecule has 1 N–H and O–H groups in total. The summed E-state index contributed by atoms with van der Waals surface area (Å²) in [6, 6.07) is 3.20. The number of nitrogens with one attached hydrogen (secondary N) is 1. The van der Waals surface area contributed by atoms with Crippen LogP contribution in [0.25, 0.3) is 16.8 Å². The lowest BCUT2D eigenvalue weighted by atomic mass is 10.1. The number of nitrogens with zero attached hydrogens (tertiary/aromatic N) is 4. The molecule has 0 fully saturated rings. The monoisotopic (exact) mass is 473 g/mol. The van der Waals surface area contributed by atoms with Crippen molar-refractivity contribution in [3.8, 4) is 17.1 Å². The van der Waals surface area contributed by atoms with Crippen LogP contribution >= 0.6 is 0 Å². The number of sulfonamides is 1. The van der Waals surface area contributed by atoms with Gasteiger partial charge in [0.25, 0.3) is 10.0 Å². The van der Waals surface area contributed by atoms with E-state index >= 15 is 4.39 Å². The molecule has 0 unspecified atom stereocenters. The molecule has 0 saturated carbocycles. The second-order valence-electron chi connectivity index (χ2n) is 7.12. The third-order valence-corrected chi connectivity index (χ3v) is 6.14. The summed E-state index contributed by atoms with van der Waals surface area (Å²) >= 11 is 0. The Morgan fingerprint density at radius 2 is 1.91 bits per heavy atom. The van der Waals surface area contributed by atoms with Crippen molar-refractivity contribution in [3.05, 3.63) is 66.0 Å². The fourth-order valence-corrected chi connectivity index (χ4v) is 4.50. The van der Waals surface area contributed by atoms with Crippen LogP contribution in [-0.2, 0) is 10.0 Å². The maximum Gasteiger partial charge on any atom is 0.267 e. The number of Topliss-reactive ketones (excluding diaryl/α,β-unsaturated/α-hetero) is 1. The van der Waals surface area contributed by atoms with Crippen molar-refractivity contribution in [2.45, 2.75) is 18.7 Å². The van der Waals surface area contributed by atoms with Gasteiger partial charge in [-0.05, 0) is 30.7 Å². The van der Waals surface area contributed by atoms with Gasteiger partial charge in [0, 0.05) is 19.3 Å². The summed E-state index contributed by atoms with van der Waals surface area (Å²) < 4.78 is 64.3. The Labute approximate surface area is 187 Å². The summed E-state index contributed by atoms with van der Waals surface area (Å²) in [5, 5.41) is 0. The number of aromatic nitrogens is 4. The van der Waals surface area contributed by atoms with E-state index in [0.717, 1.165) is 12.1 Å². The maximum atomic E-state index is 15.3. The van der Waals surface area contributed by atoms with Crippen LogP contribution in [-0.4, -0.2) is 40.7 Å². The SMILES string of the molecule is COc1ncc(C)cc1S(=O)(=O)Nc1ccc(F)c(-c2cn3cnc(C(C)=O)c3cn2)c1F. The van der Waals surface area contributed by atoms with Crippen LogP contribution in [0.3, 0.4) is 0 Å². The van der Waals surface area contributed by atoms with Crippen molar-refractivity contribution >= 4 is 27.0 Å². The predicted molar refractivity (Wildman–Crippen MR) is 115 cm³/mol. The smallest absolute Gasteiger partial charge is 0.267 e. The Bertz CT molecular complexity index is 1520. The molecule has 3 aromatic heterocycles. The van der Waals surface area contributed by atoms with Gasteiger partial charge in [-0.2, -0.15) is 0 Å². The molecule has 12 heteroatoms. The highest BCUT2D eigenvalue weighted by Crippen LogP contribution is 2.32. The Morgan fingerprint density at radius 3 is 2.61 bits per heavy atom. The van der Waals surface area contributed by atoms with Crippen molar-refractivity contribution in [3.63, 3.8) is 0 Å². The number of carbonyl (C=O) groups is 1. The summed E-state index contributed by atoms with van der Waals surface area (Å²) in [5.74, 6) is -2.59. The van der Waals surface area contributed by atoms with E-state index in [9.17, 15) is 17.6 Å².